The number of rotatable bonds is 4. The van der Waals surface area contributed by atoms with Gasteiger partial charge in [0.25, 0.3) is 0 Å². The molecular formula is C10H10BrNO. The zero-order valence-corrected chi connectivity index (χ0v) is 8.75. The van der Waals surface area contributed by atoms with Crippen LogP contribution in [0.15, 0.2) is 28.7 Å². The Balaban J connectivity index is 2.33. The fourth-order valence-corrected chi connectivity index (χ4v) is 1.28. The fraction of sp³-hybridized carbons (Fsp3) is 0.300. The molecule has 0 amide bonds. The smallest absolute Gasteiger partial charge is 0.120 e. The van der Waals surface area contributed by atoms with Gasteiger partial charge in [-0.3, -0.25) is 0 Å². The standard InChI is InChI=1S/C10H10BrNO/c11-9-4-3-5-10(8-9)13-7-2-1-6-12/h3-5,8H,1-2,7H2. The van der Waals surface area contributed by atoms with E-state index in [0.29, 0.717) is 13.0 Å². The van der Waals surface area contributed by atoms with Crippen molar-refractivity contribution in [3.63, 3.8) is 0 Å². The summed E-state index contributed by atoms with van der Waals surface area (Å²) in [6.45, 7) is 0.601. The lowest BCUT2D eigenvalue weighted by molar-refractivity contribution is 0.312. The zero-order chi connectivity index (χ0) is 9.52. The van der Waals surface area contributed by atoms with E-state index in [1.54, 1.807) is 0 Å². The number of hydrogen-bond acceptors (Lipinski definition) is 2. The van der Waals surface area contributed by atoms with E-state index in [1.807, 2.05) is 24.3 Å². The Labute approximate surface area is 86.3 Å². The molecule has 0 aliphatic carbocycles. The number of nitrogens with zero attached hydrogens (tertiary/aromatic N) is 1. The quantitative estimate of drug-likeness (QED) is 0.757. The molecule has 0 atom stereocenters. The molecule has 0 unspecified atom stereocenters. The Bertz CT molecular complexity index is 306. The maximum atomic E-state index is 8.29. The van der Waals surface area contributed by atoms with Crippen LogP contribution in [0.25, 0.3) is 0 Å². The average molecular weight is 240 g/mol. The van der Waals surface area contributed by atoms with Crippen LogP contribution in [0.2, 0.25) is 0 Å². The molecule has 1 aromatic rings. The summed E-state index contributed by atoms with van der Waals surface area (Å²) < 4.78 is 6.41. The lowest BCUT2D eigenvalue weighted by Crippen LogP contribution is -1.96. The first-order valence-corrected chi connectivity index (χ1v) is 4.87. The summed E-state index contributed by atoms with van der Waals surface area (Å²) in [5, 5.41) is 8.29. The number of benzene rings is 1. The van der Waals surface area contributed by atoms with Crippen molar-refractivity contribution in [2.24, 2.45) is 0 Å². The molecule has 3 heteroatoms. The molecule has 0 saturated heterocycles. The first kappa shape index (κ1) is 10.1. The molecule has 1 rings (SSSR count). The first-order valence-electron chi connectivity index (χ1n) is 4.08. The minimum Gasteiger partial charge on any atom is -0.494 e. The van der Waals surface area contributed by atoms with E-state index in [9.17, 15) is 0 Å². The highest BCUT2D eigenvalue weighted by Crippen LogP contribution is 2.17. The highest BCUT2D eigenvalue weighted by atomic mass is 79.9. The summed E-state index contributed by atoms with van der Waals surface area (Å²) in [7, 11) is 0. The van der Waals surface area contributed by atoms with E-state index >= 15 is 0 Å². The molecule has 0 spiro atoms. The van der Waals surface area contributed by atoms with Crippen molar-refractivity contribution in [1.82, 2.24) is 0 Å². The van der Waals surface area contributed by atoms with Gasteiger partial charge in [-0.25, -0.2) is 0 Å². The van der Waals surface area contributed by atoms with Gasteiger partial charge in [0, 0.05) is 10.9 Å². The van der Waals surface area contributed by atoms with E-state index in [4.69, 9.17) is 10.00 Å². The average Bonchev–Trinajstić information content (AvgIpc) is 2.13. The Morgan fingerprint density at radius 1 is 1.46 bits per heavy atom. The number of ether oxygens (including phenoxy) is 1. The van der Waals surface area contributed by atoms with Crippen LogP contribution in [0, 0.1) is 11.3 Å². The minimum absolute atomic E-state index is 0.550. The third kappa shape index (κ3) is 3.95. The van der Waals surface area contributed by atoms with Gasteiger partial charge in [-0.2, -0.15) is 5.26 Å². The van der Waals surface area contributed by atoms with Crippen molar-refractivity contribution >= 4 is 15.9 Å². The Kier molecular flexibility index (Phi) is 4.34. The summed E-state index contributed by atoms with van der Waals surface area (Å²) in [5.74, 6) is 0.840. The van der Waals surface area contributed by atoms with Crippen LogP contribution in [-0.2, 0) is 0 Å². The normalized spacial score (nSPS) is 9.23. The van der Waals surface area contributed by atoms with Gasteiger partial charge >= 0.3 is 0 Å². The van der Waals surface area contributed by atoms with E-state index in [-0.39, 0.29) is 0 Å². The van der Waals surface area contributed by atoms with E-state index in [1.165, 1.54) is 0 Å². The van der Waals surface area contributed by atoms with Crippen molar-refractivity contribution in [2.45, 2.75) is 12.8 Å². The fourth-order valence-electron chi connectivity index (χ4n) is 0.898. The molecule has 0 N–H and O–H groups in total. The maximum Gasteiger partial charge on any atom is 0.120 e. The number of unbranched alkanes of at least 4 members (excludes halogenated alkanes) is 1. The predicted octanol–water partition coefficient (Wildman–Crippen LogP) is 3.13. The molecule has 2 nitrogen and oxygen atoms in total. The third-order valence-electron chi connectivity index (χ3n) is 1.50. The van der Waals surface area contributed by atoms with Crippen LogP contribution < -0.4 is 4.74 Å². The van der Waals surface area contributed by atoms with Gasteiger partial charge in [0.1, 0.15) is 5.75 Å². The molecule has 0 aromatic heterocycles. The van der Waals surface area contributed by atoms with Gasteiger partial charge in [-0.15, -0.1) is 0 Å². The molecule has 0 aliphatic heterocycles. The summed E-state index contributed by atoms with van der Waals surface area (Å²) >= 11 is 3.35. The second kappa shape index (κ2) is 5.60. The van der Waals surface area contributed by atoms with Crippen molar-refractivity contribution in [3.05, 3.63) is 28.7 Å². The van der Waals surface area contributed by atoms with Gasteiger partial charge in [0.15, 0.2) is 0 Å². The van der Waals surface area contributed by atoms with E-state index < -0.39 is 0 Å². The van der Waals surface area contributed by atoms with Crippen molar-refractivity contribution in [2.75, 3.05) is 6.61 Å². The molecule has 0 saturated carbocycles. The van der Waals surface area contributed by atoms with Gasteiger partial charge in [-0.05, 0) is 24.6 Å². The minimum atomic E-state index is 0.550. The van der Waals surface area contributed by atoms with Gasteiger partial charge in [-0.1, -0.05) is 22.0 Å². The molecule has 0 bridgehead atoms. The van der Waals surface area contributed by atoms with Crippen LogP contribution in [0.4, 0.5) is 0 Å². The molecular weight excluding hydrogens is 230 g/mol. The van der Waals surface area contributed by atoms with Crippen molar-refractivity contribution in [1.29, 1.82) is 5.26 Å². The largest absolute Gasteiger partial charge is 0.494 e. The second-order valence-electron chi connectivity index (χ2n) is 2.57. The summed E-state index contributed by atoms with van der Waals surface area (Å²) in [6, 6.07) is 9.75. The molecule has 0 fully saturated rings. The summed E-state index contributed by atoms with van der Waals surface area (Å²) in [4.78, 5) is 0. The second-order valence-corrected chi connectivity index (χ2v) is 3.48. The third-order valence-corrected chi connectivity index (χ3v) is 1.99. The van der Waals surface area contributed by atoms with E-state index in [0.717, 1.165) is 16.6 Å². The zero-order valence-electron chi connectivity index (χ0n) is 7.16. The number of nitriles is 1. The first-order chi connectivity index (χ1) is 6.33. The Hall–Kier alpha value is -1.01. The molecule has 0 aliphatic rings. The molecule has 68 valence electrons. The molecule has 1 aromatic carbocycles. The van der Waals surface area contributed by atoms with Gasteiger partial charge in [0.2, 0.25) is 0 Å². The van der Waals surface area contributed by atoms with Crippen molar-refractivity contribution in [3.8, 4) is 11.8 Å². The monoisotopic (exact) mass is 239 g/mol. The SMILES string of the molecule is N#CCCCOc1cccc(Br)c1. The van der Waals surface area contributed by atoms with Crippen LogP contribution in [-0.4, -0.2) is 6.61 Å². The Morgan fingerprint density at radius 3 is 3.00 bits per heavy atom. The highest BCUT2D eigenvalue weighted by molar-refractivity contribution is 9.10. The maximum absolute atomic E-state index is 8.29. The predicted molar refractivity (Wildman–Crippen MR) is 54.5 cm³/mol. The van der Waals surface area contributed by atoms with Gasteiger partial charge in [0.05, 0.1) is 12.7 Å². The number of hydrogen-bond donors (Lipinski definition) is 0. The number of halogens is 1. The van der Waals surface area contributed by atoms with Crippen LogP contribution in [0.3, 0.4) is 0 Å². The Morgan fingerprint density at radius 2 is 2.31 bits per heavy atom. The van der Waals surface area contributed by atoms with E-state index in [2.05, 4.69) is 22.0 Å². The highest BCUT2D eigenvalue weighted by Gasteiger charge is 1.93. The molecule has 0 heterocycles. The van der Waals surface area contributed by atoms with Crippen molar-refractivity contribution < 1.29 is 4.74 Å². The van der Waals surface area contributed by atoms with Gasteiger partial charge < -0.3 is 4.74 Å². The lowest BCUT2D eigenvalue weighted by Gasteiger charge is -2.04. The van der Waals surface area contributed by atoms with Crippen LogP contribution in [0.1, 0.15) is 12.8 Å². The molecule has 13 heavy (non-hydrogen) atoms. The summed E-state index contributed by atoms with van der Waals surface area (Å²) in [6.07, 6.45) is 1.33. The molecule has 0 radical (unpaired) electrons. The van der Waals surface area contributed by atoms with Crippen LogP contribution in [0.5, 0.6) is 5.75 Å². The lowest BCUT2D eigenvalue weighted by atomic mass is 10.3. The van der Waals surface area contributed by atoms with Crippen LogP contribution >= 0.6 is 15.9 Å². The summed E-state index contributed by atoms with van der Waals surface area (Å²) in [5.41, 5.74) is 0. The topological polar surface area (TPSA) is 33.0 Å².